The summed E-state index contributed by atoms with van der Waals surface area (Å²) >= 11 is 1.44. The zero-order chi connectivity index (χ0) is 9.97. The Hall–Kier alpha value is -1.75. The number of carboxylic acid groups (broad SMARTS) is 1. The lowest BCUT2D eigenvalue weighted by Gasteiger charge is -1.80. The summed E-state index contributed by atoms with van der Waals surface area (Å²) in [6, 6.07) is 1.85. The smallest absolute Gasteiger partial charge is 0.328 e. The summed E-state index contributed by atoms with van der Waals surface area (Å²) < 4.78 is 1.00. The molecule has 0 amide bonds. The maximum atomic E-state index is 10.3. The Kier molecular flexibility index (Phi) is 2.24. The first-order valence-corrected chi connectivity index (χ1v) is 4.69. The highest BCUT2D eigenvalue weighted by Gasteiger charge is 2.00. The third kappa shape index (κ3) is 1.77. The number of pyridine rings is 1. The van der Waals surface area contributed by atoms with Crippen LogP contribution in [0.25, 0.3) is 16.3 Å². The summed E-state index contributed by atoms with van der Waals surface area (Å²) in [6.45, 7) is 0. The Morgan fingerprint density at radius 3 is 3.14 bits per heavy atom. The van der Waals surface area contributed by atoms with Gasteiger partial charge < -0.3 is 5.11 Å². The number of rotatable bonds is 2. The lowest BCUT2D eigenvalue weighted by Crippen LogP contribution is -1.84. The van der Waals surface area contributed by atoms with Crippen molar-refractivity contribution in [3.63, 3.8) is 0 Å². The molecule has 0 aromatic carbocycles. The van der Waals surface area contributed by atoms with Gasteiger partial charge in [-0.05, 0) is 12.1 Å². The highest BCUT2D eigenvalue weighted by Crippen LogP contribution is 2.21. The molecule has 0 saturated heterocycles. The van der Waals surface area contributed by atoms with Gasteiger partial charge in [0.05, 0.1) is 10.9 Å². The molecule has 0 spiro atoms. The van der Waals surface area contributed by atoms with Crippen molar-refractivity contribution in [3.05, 3.63) is 29.5 Å². The van der Waals surface area contributed by atoms with E-state index < -0.39 is 5.97 Å². The number of hydrogen-bond acceptors (Lipinski definition) is 4. The number of nitrogens with zero attached hydrogens (tertiary/aromatic N) is 2. The lowest BCUT2D eigenvalue weighted by atomic mass is 10.4. The molecule has 2 aromatic rings. The number of aromatic nitrogens is 2. The van der Waals surface area contributed by atoms with Crippen LogP contribution in [0.4, 0.5) is 0 Å². The Balaban J connectivity index is 2.40. The molecular formula is C9H6N2O2S. The molecule has 2 aromatic heterocycles. The molecule has 0 bridgehead atoms. The van der Waals surface area contributed by atoms with Crippen LogP contribution in [0.2, 0.25) is 0 Å². The van der Waals surface area contributed by atoms with E-state index in [4.69, 9.17) is 5.11 Å². The van der Waals surface area contributed by atoms with E-state index in [1.807, 2.05) is 6.07 Å². The molecule has 0 aliphatic rings. The molecule has 0 fully saturated rings. The average molecular weight is 206 g/mol. The molecule has 1 N–H and O–H groups in total. The van der Waals surface area contributed by atoms with Crippen LogP contribution in [0.15, 0.2) is 24.5 Å². The van der Waals surface area contributed by atoms with Crippen molar-refractivity contribution >= 4 is 33.6 Å². The minimum Gasteiger partial charge on any atom is -0.478 e. The van der Waals surface area contributed by atoms with E-state index in [1.165, 1.54) is 17.4 Å². The Labute approximate surface area is 83.6 Å². The van der Waals surface area contributed by atoms with Gasteiger partial charge in [0.1, 0.15) is 10.5 Å². The highest BCUT2D eigenvalue weighted by atomic mass is 32.1. The van der Waals surface area contributed by atoms with Crippen LogP contribution in [0.1, 0.15) is 5.01 Å². The van der Waals surface area contributed by atoms with E-state index in [2.05, 4.69) is 9.97 Å². The van der Waals surface area contributed by atoms with Gasteiger partial charge in [-0.2, -0.15) is 0 Å². The molecule has 2 rings (SSSR count). The van der Waals surface area contributed by atoms with Gasteiger partial charge in [-0.3, -0.25) is 4.98 Å². The number of fused-ring (bicyclic) bond motifs is 1. The molecule has 0 radical (unpaired) electrons. The number of carbonyl (C=O) groups is 1. The van der Waals surface area contributed by atoms with Gasteiger partial charge in [-0.1, -0.05) is 0 Å². The van der Waals surface area contributed by atoms with Gasteiger partial charge in [0, 0.05) is 12.3 Å². The van der Waals surface area contributed by atoms with E-state index in [0.29, 0.717) is 5.01 Å². The largest absolute Gasteiger partial charge is 0.478 e. The summed E-state index contributed by atoms with van der Waals surface area (Å²) in [7, 11) is 0. The molecule has 2 heterocycles. The fourth-order valence-corrected chi connectivity index (χ4v) is 1.85. The molecule has 0 atom stereocenters. The predicted octanol–water partition coefficient (Wildman–Crippen LogP) is 1.79. The van der Waals surface area contributed by atoms with E-state index in [1.54, 1.807) is 12.4 Å². The third-order valence-corrected chi connectivity index (χ3v) is 2.58. The van der Waals surface area contributed by atoms with Crippen molar-refractivity contribution < 1.29 is 9.90 Å². The quantitative estimate of drug-likeness (QED) is 0.761. The van der Waals surface area contributed by atoms with E-state index >= 15 is 0 Å². The third-order valence-electron chi connectivity index (χ3n) is 1.57. The topological polar surface area (TPSA) is 63.1 Å². The summed E-state index contributed by atoms with van der Waals surface area (Å²) in [5.41, 5.74) is 0.794. The minimum atomic E-state index is -0.970. The minimum absolute atomic E-state index is 0.676. The second kappa shape index (κ2) is 3.55. The molecule has 5 heteroatoms. The standard InChI is InChI=1S/C9H6N2O2S/c12-9(13)2-1-8-11-6-5-10-4-3-7(6)14-8/h1-5H,(H,12,13)/b2-1+. The van der Waals surface area contributed by atoms with Gasteiger partial charge >= 0.3 is 5.97 Å². The second-order valence-corrected chi connectivity index (χ2v) is 3.63. The average Bonchev–Trinajstić information content (AvgIpc) is 2.57. The molecule has 14 heavy (non-hydrogen) atoms. The van der Waals surface area contributed by atoms with Crippen LogP contribution < -0.4 is 0 Å². The van der Waals surface area contributed by atoms with Crippen molar-refractivity contribution in [3.8, 4) is 0 Å². The first kappa shape index (κ1) is 8.83. The molecule has 0 aliphatic carbocycles. The molecule has 0 unspecified atom stereocenters. The predicted molar refractivity (Wildman–Crippen MR) is 54.1 cm³/mol. The SMILES string of the molecule is O=C(O)/C=C/c1nc2cnccc2s1. The van der Waals surface area contributed by atoms with Gasteiger partial charge in [-0.25, -0.2) is 9.78 Å². The number of aliphatic carboxylic acids is 1. The maximum absolute atomic E-state index is 10.3. The second-order valence-electron chi connectivity index (χ2n) is 2.57. The zero-order valence-corrected chi connectivity index (χ0v) is 7.86. The Morgan fingerprint density at radius 1 is 1.57 bits per heavy atom. The van der Waals surface area contributed by atoms with Crippen LogP contribution >= 0.6 is 11.3 Å². The summed E-state index contributed by atoms with van der Waals surface area (Å²) in [5.74, 6) is -0.970. The molecular weight excluding hydrogens is 200 g/mol. The normalized spacial score (nSPS) is 11.1. The fraction of sp³-hybridized carbons (Fsp3) is 0. The first-order valence-electron chi connectivity index (χ1n) is 3.87. The summed E-state index contributed by atoms with van der Waals surface area (Å²) in [6.07, 6.45) is 5.90. The molecule has 4 nitrogen and oxygen atoms in total. The highest BCUT2D eigenvalue weighted by molar-refractivity contribution is 7.19. The van der Waals surface area contributed by atoms with Gasteiger partial charge in [0.15, 0.2) is 0 Å². The van der Waals surface area contributed by atoms with Crippen molar-refractivity contribution in [1.29, 1.82) is 0 Å². The van der Waals surface area contributed by atoms with Gasteiger partial charge in [-0.15, -0.1) is 11.3 Å². The van der Waals surface area contributed by atoms with Gasteiger partial charge in [0.2, 0.25) is 0 Å². The fourth-order valence-electron chi connectivity index (χ4n) is 1.01. The number of thiazole rings is 1. The molecule has 0 saturated carbocycles. The Morgan fingerprint density at radius 2 is 2.43 bits per heavy atom. The van der Waals surface area contributed by atoms with Gasteiger partial charge in [0.25, 0.3) is 0 Å². The monoisotopic (exact) mass is 206 g/mol. The molecule has 0 aliphatic heterocycles. The van der Waals surface area contributed by atoms with Crippen LogP contribution in [0, 0.1) is 0 Å². The van der Waals surface area contributed by atoms with Crippen molar-refractivity contribution in [2.24, 2.45) is 0 Å². The van der Waals surface area contributed by atoms with E-state index in [-0.39, 0.29) is 0 Å². The van der Waals surface area contributed by atoms with Crippen molar-refractivity contribution in [2.75, 3.05) is 0 Å². The first-order chi connectivity index (χ1) is 6.75. The number of carboxylic acids is 1. The van der Waals surface area contributed by atoms with Crippen molar-refractivity contribution in [1.82, 2.24) is 9.97 Å². The van der Waals surface area contributed by atoms with E-state index in [0.717, 1.165) is 16.3 Å². The van der Waals surface area contributed by atoms with Crippen LogP contribution in [-0.2, 0) is 4.79 Å². The van der Waals surface area contributed by atoms with Crippen LogP contribution in [0.3, 0.4) is 0 Å². The van der Waals surface area contributed by atoms with Crippen LogP contribution in [-0.4, -0.2) is 21.0 Å². The summed E-state index contributed by atoms with van der Waals surface area (Å²) in [5, 5.41) is 9.10. The number of hydrogen-bond donors (Lipinski definition) is 1. The molecule has 70 valence electrons. The van der Waals surface area contributed by atoms with E-state index in [9.17, 15) is 4.79 Å². The van der Waals surface area contributed by atoms with Crippen LogP contribution in [0.5, 0.6) is 0 Å². The van der Waals surface area contributed by atoms with Crippen molar-refractivity contribution in [2.45, 2.75) is 0 Å². The zero-order valence-electron chi connectivity index (χ0n) is 7.04. The lowest BCUT2D eigenvalue weighted by molar-refractivity contribution is -0.131. The summed E-state index contributed by atoms with van der Waals surface area (Å²) in [4.78, 5) is 18.4. The Bertz CT molecular complexity index is 471. The maximum Gasteiger partial charge on any atom is 0.328 e.